The summed E-state index contributed by atoms with van der Waals surface area (Å²) in [6, 6.07) is 4.04. The lowest BCUT2D eigenvalue weighted by atomic mass is 10.0. The molecule has 0 aliphatic carbocycles. The van der Waals surface area contributed by atoms with Gasteiger partial charge in [0.2, 0.25) is 0 Å². The molecule has 0 saturated carbocycles. The second-order valence-electron chi connectivity index (χ2n) is 4.93. The standard InChI is InChI=1S/C15H13FN4O3S/c1-23-7-13-17-9(8-24-13)5-20-6-12(18-19-20)10-3-2-4-11(16)14(10)15(21)22/h2-4,6,8H,5,7H2,1H3,(H,21,22). The molecular formula is C15H13FN4O3S. The van der Waals surface area contributed by atoms with Crippen molar-refractivity contribution in [2.75, 3.05) is 7.11 Å². The smallest absolute Gasteiger partial charge is 0.339 e. The summed E-state index contributed by atoms with van der Waals surface area (Å²) in [4.78, 5) is 15.7. The fraction of sp³-hybridized carbons (Fsp3) is 0.200. The number of halogens is 1. The van der Waals surface area contributed by atoms with Gasteiger partial charge in [0.15, 0.2) is 0 Å². The maximum Gasteiger partial charge on any atom is 0.339 e. The number of benzene rings is 1. The van der Waals surface area contributed by atoms with Gasteiger partial charge in [-0.1, -0.05) is 17.3 Å². The van der Waals surface area contributed by atoms with Crippen molar-refractivity contribution in [2.24, 2.45) is 0 Å². The largest absolute Gasteiger partial charge is 0.478 e. The van der Waals surface area contributed by atoms with Crippen molar-refractivity contribution in [1.29, 1.82) is 0 Å². The molecule has 0 aliphatic heterocycles. The van der Waals surface area contributed by atoms with E-state index < -0.39 is 17.3 Å². The highest BCUT2D eigenvalue weighted by Crippen LogP contribution is 2.24. The summed E-state index contributed by atoms with van der Waals surface area (Å²) < 4.78 is 20.3. The van der Waals surface area contributed by atoms with E-state index in [2.05, 4.69) is 15.3 Å². The molecule has 3 aromatic rings. The zero-order valence-electron chi connectivity index (χ0n) is 12.6. The van der Waals surface area contributed by atoms with E-state index in [-0.39, 0.29) is 5.56 Å². The van der Waals surface area contributed by atoms with E-state index >= 15 is 0 Å². The first-order chi connectivity index (χ1) is 11.6. The number of carboxylic acids is 1. The molecule has 124 valence electrons. The minimum absolute atomic E-state index is 0.187. The SMILES string of the molecule is COCc1nc(Cn2cc(-c3cccc(F)c3C(=O)O)nn2)cs1. The zero-order chi connectivity index (χ0) is 17.1. The number of rotatable bonds is 6. The molecule has 1 N–H and O–H groups in total. The van der Waals surface area contributed by atoms with Crippen molar-refractivity contribution >= 4 is 17.3 Å². The van der Waals surface area contributed by atoms with E-state index in [0.29, 0.717) is 18.8 Å². The summed E-state index contributed by atoms with van der Waals surface area (Å²) in [5, 5.41) is 19.8. The van der Waals surface area contributed by atoms with Crippen LogP contribution in [0, 0.1) is 5.82 Å². The molecule has 0 spiro atoms. The number of aromatic carboxylic acids is 1. The van der Waals surface area contributed by atoms with Crippen LogP contribution in [0.2, 0.25) is 0 Å². The lowest BCUT2D eigenvalue weighted by Gasteiger charge is -2.03. The molecule has 0 bridgehead atoms. The molecule has 3 rings (SSSR count). The van der Waals surface area contributed by atoms with Crippen LogP contribution in [0.5, 0.6) is 0 Å². The molecule has 2 heterocycles. The molecule has 1 aromatic carbocycles. The minimum Gasteiger partial charge on any atom is -0.478 e. The van der Waals surface area contributed by atoms with E-state index in [9.17, 15) is 14.3 Å². The summed E-state index contributed by atoms with van der Waals surface area (Å²) >= 11 is 1.48. The second kappa shape index (κ2) is 6.85. The van der Waals surface area contributed by atoms with Crippen LogP contribution in [0.3, 0.4) is 0 Å². The monoisotopic (exact) mass is 348 g/mol. The third-order valence-corrected chi connectivity index (χ3v) is 4.10. The Hall–Kier alpha value is -2.65. The van der Waals surface area contributed by atoms with Crippen molar-refractivity contribution in [2.45, 2.75) is 13.2 Å². The molecule has 9 heteroatoms. The Labute approximate surface area is 140 Å². The van der Waals surface area contributed by atoms with Gasteiger partial charge in [-0.05, 0) is 6.07 Å². The summed E-state index contributed by atoms with van der Waals surface area (Å²) in [7, 11) is 1.60. The Morgan fingerprint density at radius 2 is 2.29 bits per heavy atom. The van der Waals surface area contributed by atoms with Crippen LogP contribution in [0.15, 0.2) is 29.8 Å². The van der Waals surface area contributed by atoms with Gasteiger partial charge < -0.3 is 9.84 Å². The number of ether oxygens (including phenoxy) is 1. The Kier molecular flexibility index (Phi) is 4.63. The number of hydrogen-bond acceptors (Lipinski definition) is 6. The van der Waals surface area contributed by atoms with Crippen molar-refractivity contribution < 1.29 is 19.0 Å². The van der Waals surface area contributed by atoms with Crippen molar-refractivity contribution in [1.82, 2.24) is 20.0 Å². The first-order valence-corrected chi connectivity index (χ1v) is 7.81. The number of methoxy groups -OCH3 is 1. The fourth-order valence-electron chi connectivity index (χ4n) is 2.23. The number of hydrogen-bond donors (Lipinski definition) is 1. The Balaban J connectivity index is 1.86. The van der Waals surface area contributed by atoms with Gasteiger partial charge in [0.25, 0.3) is 0 Å². The lowest BCUT2D eigenvalue weighted by molar-refractivity contribution is 0.0693. The molecular weight excluding hydrogens is 335 g/mol. The van der Waals surface area contributed by atoms with Crippen LogP contribution in [0.1, 0.15) is 21.1 Å². The summed E-state index contributed by atoms with van der Waals surface area (Å²) in [6.07, 6.45) is 1.57. The summed E-state index contributed by atoms with van der Waals surface area (Å²) in [5.41, 5.74) is 0.855. The predicted molar refractivity (Wildman–Crippen MR) is 84.3 cm³/mol. The number of carboxylic acid groups (broad SMARTS) is 1. The molecule has 0 saturated heterocycles. The van der Waals surface area contributed by atoms with Gasteiger partial charge >= 0.3 is 5.97 Å². The van der Waals surface area contributed by atoms with Gasteiger partial charge in [0.1, 0.15) is 22.1 Å². The van der Waals surface area contributed by atoms with Crippen LogP contribution in [-0.2, 0) is 17.9 Å². The molecule has 0 aliphatic rings. The topological polar surface area (TPSA) is 90.1 Å². The average Bonchev–Trinajstić information content (AvgIpc) is 3.17. The first-order valence-electron chi connectivity index (χ1n) is 6.93. The molecule has 0 radical (unpaired) electrons. The molecule has 0 fully saturated rings. The summed E-state index contributed by atoms with van der Waals surface area (Å²) in [6.45, 7) is 0.823. The van der Waals surface area contributed by atoms with E-state index in [1.165, 1.54) is 28.2 Å². The number of aromatic nitrogens is 4. The fourth-order valence-corrected chi connectivity index (χ4v) is 2.99. The van der Waals surface area contributed by atoms with Gasteiger partial charge in [-0.25, -0.2) is 18.9 Å². The summed E-state index contributed by atoms with van der Waals surface area (Å²) in [5.74, 6) is -2.15. The highest BCUT2D eigenvalue weighted by molar-refractivity contribution is 7.09. The Bertz CT molecular complexity index is 877. The molecule has 0 amide bonds. The van der Waals surface area contributed by atoms with E-state index in [4.69, 9.17) is 4.74 Å². The quantitative estimate of drug-likeness (QED) is 0.736. The molecule has 0 atom stereocenters. The van der Waals surface area contributed by atoms with Gasteiger partial charge in [-0.3, -0.25) is 0 Å². The molecule has 24 heavy (non-hydrogen) atoms. The van der Waals surface area contributed by atoms with Gasteiger partial charge in [-0.15, -0.1) is 16.4 Å². The van der Waals surface area contributed by atoms with Crippen molar-refractivity contribution in [3.05, 3.63) is 51.9 Å². The minimum atomic E-state index is -1.35. The third kappa shape index (κ3) is 3.31. The van der Waals surface area contributed by atoms with Gasteiger partial charge in [0, 0.05) is 18.1 Å². The van der Waals surface area contributed by atoms with Crippen LogP contribution in [0.25, 0.3) is 11.3 Å². The second-order valence-corrected chi connectivity index (χ2v) is 5.88. The van der Waals surface area contributed by atoms with Crippen molar-refractivity contribution in [3.63, 3.8) is 0 Å². The normalized spacial score (nSPS) is 10.9. The first kappa shape index (κ1) is 16.2. The maximum atomic E-state index is 13.8. The van der Waals surface area contributed by atoms with Crippen molar-refractivity contribution in [3.8, 4) is 11.3 Å². The molecule has 7 nitrogen and oxygen atoms in total. The van der Waals surface area contributed by atoms with Crippen LogP contribution in [0.4, 0.5) is 4.39 Å². The van der Waals surface area contributed by atoms with E-state index in [1.807, 2.05) is 5.38 Å². The molecule has 2 aromatic heterocycles. The highest BCUT2D eigenvalue weighted by Gasteiger charge is 2.19. The Morgan fingerprint density at radius 1 is 1.46 bits per heavy atom. The zero-order valence-corrected chi connectivity index (χ0v) is 13.5. The van der Waals surface area contributed by atoms with E-state index in [1.54, 1.807) is 13.3 Å². The third-order valence-electron chi connectivity index (χ3n) is 3.23. The van der Waals surface area contributed by atoms with Gasteiger partial charge in [-0.2, -0.15) is 0 Å². The van der Waals surface area contributed by atoms with Gasteiger partial charge in [0.05, 0.1) is 25.0 Å². The Morgan fingerprint density at radius 3 is 3.04 bits per heavy atom. The van der Waals surface area contributed by atoms with Crippen LogP contribution < -0.4 is 0 Å². The lowest BCUT2D eigenvalue weighted by Crippen LogP contribution is -2.03. The number of thiazole rings is 1. The molecule has 0 unspecified atom stereocenters. The highest BCUT2D eigenvalue weighted by atomic mass is 32.1. The van der Waals surface area contributed by atoms with Crippen LogP contribution >= 0.6 is 11.3 Å². The number of nitrogens with zero attached hydrogens (tertiary/aromatic N) is 4. The van der Waals surface area contributed by atoms with E-state index in [0.717, 1.165) is 16.8 Å². The average molecular weight is 348 g/mol. The number of carbonyl (C=O) groups is 1. The predicted octanol–water partition coefficient (Wildman–Crippen LogP) is 2.43. The maximum absolute atomic E-state index is 13.8. The van der Waals surface area contributed by atoms with Crippen LogP contribution in [-0.4, -0.2) is 38.2 Å².